The molecule has 0 unspecified atom stereocenters. The van der Waals surface area contributed by atoms with Gasteiger partial charge in [-0.05, 0) is 24.8 Å². The van der Waals surface area contributed by atoms with Gasteiger partial charge in [0, 0.05) is 29.0 Å². The standard InChI is InChI=1S/C22H26N2O7/c1-11-18(21(26)31-6)19(20-13(23-11)9-22(2,3)10-15(20)25)12-7-16(29-4)17(30-5)8-14(12)24(27)28/h7-8,19,23H,9-10H2,1-6H3/t19-/m0/s1. The van der Waals surface area contributed by atoms with E-state index in [0.717, 1.165) is 0 Å². The second-order valence-corrected chi connectivity index (χ2v) is 8.44. The molecule has 0 spiro atoms. The van der Waals surface area contributed by atoms with Gasteiger partial charge in [0.15, 0.2) is 17.3 Å². The molecule has 1 aromatic rings. The molecular weight excluding hydrogens is 404 g/mol. The van der Waals surface area contributed by atoms with Crippen LogP contribution in [-0.2, 0) is 14.3 Å². The van der Waals surface area contributed by atoms with Crippen LogP contribution in [0.15, 0.2) is 34.7 Å². The molecule has 31 heavy (non-hydrogen) atoms. The summed E-state index contributed by atoms with van der Waals surface area (Å²) in [5.74, 6) is -1.36. The zero-order valence-corrected chi connectivity index (χ0v) is 18.5. The van der Waals surface area contributed by atoms with Crippen LogP contribution in [0.4, 0.5) is 5.69 Å². The van der Waals surface area contributed by atoms with E-state index in [0.29, 0.717) is 23.4 Å². The Bertz CT molecular complexity index is 1040. The third-order valence-corrected chi connectivity index (χ3v) is 5.69. The van der Waals surface area contributed by atoms with Gasteiger partial charge in [-0.2, -0.15) is 0 Å². The Morgan fingerprint density at radius 1 is 1.16 bits per heavy atom. The fraction of sp³-hybridized carbons (Fsp3) is 0.455. The van der Waals surface area contributed by atoms with Crippen molar-refractivity contribution >= 4 is 17.4 Å². The van der Waals surface area contributed by atoms with Gasteiger partial charge >= 0.3 is 5.97 Å². The fourth-order valence-electron chi connectivity index (χ4n) is 4.40. The van der Waals surface area contributed by atoms with Gasteiger partial charge in [-0.3, -0.25) is 14.9 Å². The van der Waals surface area contributed by atoms with Crippen LogP contribution in [0.5, 0.6) is 11.5 Å². The lowest BCUT2D eigenvalue weighted by Gasteiger charge is -2.39. The van der Waals surface area contributed by atoms with E-state index < -0.39 is 16.8 Å². The zero-order chi connectivity index (χ0) is 23.1. The summed E-state index contributed by atoms with van der Waals surface area (Å²) < 4.78 is 15.5. The number of carbonyl (C=O) groups excluding carboxylic acids is 2. The summed E-state index contributed by atoms with van der Waals surface area (Å²) in [5, 5.41) is 15.1. The number of dihydropyridines is 1. The van der Waals surface area contributed by atoms with Crippen LogP contribution in [-0.4, -0.2) is 38.0 Å². The van der Waals surface area contributed by atoms with Crippen LogP contribution in [0.2, 0.25) is 0 Å². The van der Waals surface area contributed by atoms with Crippen molar-refractivity contribution in [3.05, 3.63) is 50.4 Å². The quantitative estimate of drug-likeness (QED) is 0.429. The largest absolute Gasteiger partial charge is 0.493 e. The summed E-state index contributed by atoms with van der Waals surface area (Å²) in [6.07, 6.45) is 0.829. The Kier molecular flexibility index (Phi) is 5.80. The highest BCUT2D eigenvalue weighted by molar-refractivity contribution is 6.04. The minimum atomic E-state index is -0.965. The van der Waals surface area contributed by atoms with Gasteiger partial charge in [0.05, 0.1) is 43.8 Å². The molecule has 1 heterocycles. The molecule has 166 valence electrons. The maximum Gasteiger partial charge on any atom is 0.336 e. The van der Waals surface area contributed by atoms with Crippen LogP contribution < -0.4 is 14.8 Å². The van der Waals surface area contributed by atoms with Crippen molar-refractivity contribution < 1.29 is 28.7 Å². The van der Waals surface area contributed by atoms with Crippen LogP contribution in [0.3, 0.4) is 0 Å². The number of nitrogens with zero attached hydrogens (tertiary/aromatic N) is 1. The third-order valence-electron chi connectivity index (χ3n) is 5.69. The number of benzene rings is 1. The lowest BCUT2D eigenvalue weighted by Crippen LogP contribution is -2.38. The number of ether oxygens (including phenoxy) is 3. The van der Waals surface area contributed by atoms with Gasteiger partial charge in [-0.15, -0.1) is 0 Å². The van der Waals surface area contributed by atoms with Crippen molar-refractivity contribution in [2.24, 2.45) is 5.41 Å². The highest BCUT2D eigenvalue weighted by atomic mass is 16.6. The van der Waals surface area contributed by atoms with Gasteiger partial charge < -0.3 is 19.5 Å². The summed E-state index contributed by atoms with van der Waals surface area (Å²) in [5.41, 5.74) is 1.28. The number of esters is 1. The molecule has 9 heteroatoms. The van der Waals surface area contributed by atoms with Gasteiger partial charge in [0.1, 0.15) is 0 Å². The number of hydrogen-bond donors (Lipinski definition) is 1. The van der Waals surface area contributed by atoms with Crippen molar-refractivity contribution in [2.75, 3.05) is 21.3 Å². The van der Waals surface area contributed by atoms with E-state index in [1.807, 2.05) is 13.8 Å². The summed E-state index contributed by atoms with van der Waals surface area (Å²) in [6.45, 7) is 5.67. The highest BCUT2D eigenvalue weighted by Gasteiger charge is 2.45. The lowest BCUT2D eigenvalue weighted by atomic mass is 9.68. The van der Waals surface area contributed by atoms with Gasteiger partial charge in [-0.1, -0.05) is 13.8 Å². The molecule has 1 atom stereocenters. The van der Waals surface area contributed by atoms with Crippen LogP contribution >= 0.6 is 0 Å². The Labute approximate surface area is 180 Å². The van der Waals surface area contributed by atoms with Crippen molar-refractivity contribution in [3.63, 3.8) is 0 Å². The average Bonchev–Trinajstić information content (AvgIpc) is 2.70. The van der Waals surface area contributed by atoms with Crippen molar-refractivity contribution in [1.82, 2.24) is 5.32 Å². The average molecular weight is 430 g/mol. The molecule has 9 nitrogen and oxygen atoms in total. The molecule has 1 aromatic carbocycles. The predicted molar refractivity (Wildman–Crippen MR) is 112 cm³/mol. The van der Waals surface area contributed by atoms with Gasteiger partial charge in [0.2, 0.25) is 0 Å². The first-order chi connectivity index (χ1) is 14.5. The number of ketones is 1. The Balaban J connectivity index is 2.36. The minimum Gasteiger partial charge on any atom is -0.493 e. The number of carbonyl (C=O) groups is 2. The van der Waals surface area contributed by atoms with Gasteiger partial charge in [0.25, 0.3) is 5.69 Å². The van der Waals surface area contributed by atoms with E-state index in [9.17, 15) is 19.7 Å². The lowest BCUT2D eigenvalue weighted by molar-refractivity contribution is -0.385. The Morgan fingerprint density at radius 2 is 1.77 bits per heavy atom. The van der Waals surface area contributed by atoms with E-state index in [4.69, 9.17) is 14.2 Å². The second kappa shape index (κ2) is 8.05. The number of nitro groups is 1. The zero-order valence-electron chi connectivity index (χ0n) is 18.5. The summed E-state index contributed by atoms with van der Waals surface area (Å²) in [6, 6.07) is 2.71. The summed E-state index contributed by atoms with van der Waals surface area (Å²) in [4.78, 5) is 37.4. The smallest absolute Gasteiger partial charge is 0.336 e. The SMILES string of the molecule is COC(=O)C1=C(C)NC2=C(C(=O)CC(C)(C)C2)[C@H]1c1cc(OC)c(OC)cc1[N+](=O)[O-]. The van der Waals surface area contributed by atoms with Gasteiger partial charge in [-0.25, -0.2) is 4.79 Å². The maximum absolute atomic E-state index is 13.3. The summed E-state index contributed by atoms with van der Waals surface area (Å²) >= 11 is 0. The number of nitrogens with one attached hydrogen (secondary N) is 1. The highest BCUT2D eigenvalue weighted by Crippen LogP contribution is 2.50. The molecular formula is C22H26N2O7. The molecule has 1 aliphatic carbocycles. The third kappa shape index (κ3) is 3.87. The molecule has 0 radical (unpaired) electrons. The second-order valence-electron chi connectivity index (χ2n) is 8.44. The molecule has 0 bridgehead atoms. The molecule has 2 aliphatic rings. The molecule has 0 saturated heterocycles. The Hall–Kier alpha value is -3.36. The number of allylic oxidation sites excluding steroid dienone is 3. The van der Waals surface area contributed by atoms with E-state index in [1.165, 1.54) is 33.5 Å². The molecule has 0 aromatic heterocycles. The Morgan fingerprint density at radius 3 is 2.32 bits per heavy atom. The maximum atomic E-state index is 13.3. The van der Waals surface area contributed by atoms with Crippen molar-refractivity contribution in [2.45, 2.75) is 39.5 Å². The van der Waals surface area contributed by atoms with E-state index >= 15 is 0 Å². The first-order valence-electron chi connectivity index (χ1n) is 9.77. The molecule has 3 rings (SSSR count). The first-order valence-corrected chi connectivity index (χ1v) is 9.77. The molecule has 1 aliphatic heterocycles. The van der Waals surface area contributed by atoms with Crippen LogP contribution in [0.1, 0.15) is 45.1 Å². The fourth-order valence-corrected chi connectivity index (χ4v) is 4.40. The topological polar surface area (TPSA) is 117 Å². The molecule has 0 saturated carbocycles. The number of methoxy groups -OCH3 is 3. The first kappa shape index (κ1) is 22.3. The number of Topliss-reactive ketones (excluding diaryl/α,β-unsaturated/α-hetero) is 1. The molecule has 1 N–H and O–H groups in total. The van der Waals surface area contributed by atoms with Crippen molar-refractivity contribution in [1.29, 1.82) is 0 Å². The van der Waals surface area contributed by atoms with E-state index in [2.05, 4.69) is 5.32 Å². The van der Waals surface area contributed by atoms with E-state index in [-0.39, 0.29) is 45.9 Å². The number of rotatable bonds is 5. The minimum absolute atomic E-state index is 0.157. The number of nitro benzene ring substituents is 1. The van der Waals surface area contributed by atoms with Crippen LogP contribution in [0, 0.1) is 15.5 Å². The monoisotopic (exact) mass is 430 g/mol. The van der Waals surface area contributed by atoms with Crippen LogP contribution in [0.25, 0.3) is 0 Å². The molecule has 0 fully saturated rings. The normalized spacial score (nSPS) is 20.1. The number of hydrogen-bond acceptors (Lipinski definition) is 8. The predicted octanol–water partition coefficient (Wildman–Crippen LogP) is 3.39. The van der Waals surface area contributed by atoms with Crippen molar-refractivity contribution in [3.8, 4) is 11.5 Å². The van der Waals surface area contributed by atoms with E-state index in [1.54, 1.807) is 6.92 Å². The molecule has 0 amide bonds. The summed E-state index contributed by atoms with van der Waals surface area (Å²) in [7, 11) is 4.03.